The first kappa shape index (κ1) is 23.0. The SMILES string of the molecule is C[C@H]1CCN(C(=O)C2(c3ccc(Cl)cc3)CCC2)C[C@@H]1COc1ccc(C(F)(F)F)cc1. The number of rotatable bonds is 5. The number of amides is 1. The maximum absolute atomic E-state index is 13.6. The van der Waals surface area contributed by atoms with Gasteiger partial charge in [0.05, 0.1) is 17.6 Å². The van der Waals surface area contributed by atoms with Crippen LogP contribution in [0.1, 0.15) is 43.7 Å². The Morgan fingerprint density at radius 1 is 1.12 bits per heavy atom. The van der Waals surface area contributed by atoms with Gasteiger partial charge in [-0.25, -0.2) is 0 Å². The lowest BCUT2D eigenvalue weighted by atomic mass is 9.63. The maximum atomic E-state index is 13.6. The number of carbonyl (C=O) groups excluding carboxylic acids is 1. The van der Waals surface area contributed by atoms with Crippen LogP contribution in [-0.2, 0) is 16.4 Å². The van der Waals surface area contributed by atoms with E-state index >= 15 is 0 Å². The zero-order valence-corrected chi connectivity index (χ0v) is 18.8. The fourth-order valence-electron chi connectivity index (χ4n) is 4.72. The van der Waals surface area contributed by atoms with Crippen molar-refractivity contribution >= 4 is 17.5 Å². The summed E-state index contributed by atoms with van der Waals surface area (Å²) in [5.41, 5.74) is -0.140. The lowest BCUT2D eigenvalue weighted by Gasteiger charge is -2.47. The molecule has 1 aliphatic carbocycles. The van der Waals surface area contributed by atoms with Gasteiger partial charge in [0.2, 0.25) is 5.91 Å². The van der Waals surface area contributed by atoms with E-state index in [1.807, 2.05) is 29.2 Å². The quantitative estimate of drug-likeness (QED) is 0.515. The lowest BCUT2D eigenvalue weighted by Crippen LogP contribution is -2.55. The van der Waals surface area contributed by atoms with Gasteiger partial charge in [-0.3, -0.25) is 4.79 Å². The number of likely N-dealkylation sites (tertiary alicyclic amines) is 1. The molecular weight excluding hydrogens is 439 g/mol. The van der Waals surface area contributed by atoms with Crippen LogP contribution in [0.4, 0.5) is 13.2 Å². The van der Waals surface area contributed by atoms with Crippen LogP contribution in [0.25, 0.3) is 0 Å². The topological polar surface area (TPSA) is 29.5 Å². The molecule has 0 bridgehead atoms. The summed E-state index contributed by atoms with van der Waals surface area (Å²) in [6.45, 7) is 3.81. The van der Waals surface area contributed by atoms with E-state index in [1.165, 1.54) is 12.1 Å². The van der Waals surface area contributed by atoms with Crippen LogP contribution in [0.2, 0.25) is 5.02 Å². The van der Waals surface area contributed by atoms with Crippen molar-refractivity contribution in [2.24, 2.45) is 11.8 Å². The zero-order valence-electron chi connectivity index (χ0n) is 18.0. The molecule has 0 radical (unpaired) electrons. The highest BCUT2D eigenvalue weighted by Crippen LogP contribution is 2.46. The third-order valence-corrected chi connectivity index (χ3v) is 7.31. The summed E-state index contributed by atoms with van der Waals surface area (Å²) in [6.07, 6.45) is -0.778. The molecule has 1 heterocycles. The third kappa shape index (κ3) is 4.61. The molecule has 1 aliphatic heterocycles. The number of hydrogen-bond acceptors (Lipinski definition) is 2. The normalized spacial score (nSPS) is 22.8. The Morgan fingerprint density at radius 2 is 1.78 bits per heavy atom. The smallest absolute Gasteiger partial charge is 0.416 e. The second-order valence-electron chi connectivity index (χ2n) is 9.05. The minimum absolute atomic E-state index is 0.123. The Hall–Kier alpha value is -2.21. The van der Waals surface area contributed by atoms with E-state index in [2.05, 4.69) is 6.92 Å². The number of alkyl halides is 3. The number of piperidine rings is 1. The van der Waals surface area contributed by atoms with Crippen molar-refractivity contribution in [3.05, 3.63) is 64.7 Å². The van der Waals surface area contributed by atoms with E-state index in [0.29, 0.717) is 36.4 Å². The fraction of sp³-hybridized carbons (Fsp3) is 0.480. The van der Waals surface area contributed by atoms with Crippen LogP contribution in [0.15, 0.2) is 48.5 Å². The molecule has 172 valence electrons. The van der Waals surface area contributed by atoms with Gasteiger partial charge >= 0.3 is 6.18 Å². The minimum atomic E-state index is -4.36. The molecule has 32 heavy (non-hydrogen) atoms. The van der Waals surface area contributed by atoms with Crippen molar-refractivity contribution < 1.29 is 22.7 Å². The average molecular weight is 466 g/mol. The van der Waals surface area contributed by atoms with E-state index in [-0.39, 0.29) is 11.8 Å². The Bertz CT molecular complexity index is 939. The molecule has 0 N–H and O–H groups in total. The predicted octanol–water partition coefficient (Wildman–Crippen LogP) is 6.34. The van der Waals surface area contributed by atoms with Crippen molar-refractivity contribution in [3.8, 4) is 5.75 Å². The van der Waals surface area contributed by atoms with Gasteiger partial charge in [-0.1, -0.05) is 37.1 Å². The van der Waals surface area contributed by atoms with Crippen LogP contribution in [0.5, 0.6) is 5.75 Å². The summed E-state index contributed by atoms with van der Waals surface area (Å²) in [6, 6.07) is 12.3. The number of halogens is 4. The van der Waals surface area contributed by atoms with Gasteiger partial charge in [0.1, 0.15) is 5.75 Å². The van der Waals surface area contributed by atoms with Gasteiger partial charge < -0.3 is 9.64 Å². The molecule has 2 atom stereocenters. The Balaban J connectivity index is 1.41. The molecule has 7 heteroatoms. The molecule has 0 aromatic heterocycles. The van der Waals surface area contributed by atoms with Crippen molar-refractivity contribution in [2.75, 3.05) is 19.7 Å². The van der Waals surface area contributed by atoms with Crippen LogP contribution >= 0.6 is 11.6 Å². The third-order valence-electron chi connectivity index (χ3n) is 7.06. The van der Waals surface area contributed by atoms with E-state index in [0.717, 1.165) is 43.4 Å². The number of nitrogens with zero attached hydrogens (tertiary/aromatic N) is 1. The first-order valence-corrected chi connectivity index (χ1v) is 11.4. The van der Waals surface area contributed by atoms with Gasteiger partial charge in [0.15, 0.2) is 0 Å². The van der Waals surface area contributed by atoms with Crippen molar-refractivity contribution in [3.63, 3.8) is 0 Å². The van der Waals surface area contributed by atoms with Crippen LogP contribution < -0.4 is 4.74 Å². The zero-order chi connectivity index (χ0) is 22.9. The van der Waals surface area contributed by atoms with E-state index < -0.39 is 17.2 Å². The molecule has 3 nitrogen and oxygen atoms in total. The molecule has 2 aromatic rings. The van der Waals surface area contributed by atoms with E-state index in [9.17, 15) is 18.0 Å². The largest absolute Gasteiger partial charge is 0.493 e. The predicted molar refractivity (Wildman–Crippen MR) is 118 cm³/mol. The molecule has 1 saturated heterocycles. The molecule has 0 unspecified atom stereocenters. The highest BCUT2D eigenvalue weighted by Gasteiger charge is 2.48. The average Bonchev–Trinajstić information content (AvgIpc) is 2.73. The maximum Gasteiger partial charge on any atom is 0.416 e. The van der Waals surface area contributed by atoms with Gasteiger partial charge in [-0.15, -0.1) is 0 Å². The molecule has 1 saturated carbocycles. The van der Waals surface area contributed by atoms with Crippen molar-refractivity contribution in [1.82, 2.24) is 4.90 Å². The van der Waals surface area contributed by atoms with Gasteiger partial charge in [-0.05, 0) is 67.1 Å². The second-order valence-corrected chi connectivity index (χ2v) is 9.49. The molecule has 0 spiro atoms. The van der Waals surface area contributed by atoms with Gasteiger partial charge in [0, 0.05) is 24.0 Å². The summed E-state index contributed by atoms with van der Waals surface area (Å²) in [5.74, 6) is 1.06. The van der Waals surface area contributed by atoms with Crippen LogP contribution in [-0.4, -0.2) is 30.5 Å². The molecule has 2 fully saturated rings. The van der Waals surface area contributed by atoms with Crippen LogP contribution in [0.3, 0.4) is 0 Å². The van der Waals surface area contributed by atoms with E-state index in [4.69, 9.17) is 16.3 Å². The number of carbonyl (C=O) groups is 1. The van der Waals surface area contributed by atoms with Gasteiger partial charge in [0.25, 0.3) is 0 Å². The van der Waals surface area contributed by atoms with Crippen molar-refractivity contribution in [1.29, 1.82) is 0 Å². The summed E-state index contributed by atoms with van der Waals surface area (Å²) in [7, 11) is 0. The molecule has 4 rings (SSSR count). The Morgan fingerprint density at radius 3 is 2.34 bits per heavy atom. The number of benzene rings is 2. The summed E-state index contributed by atoms with van der Waals surface area (Å²) >= 11 is 6.04. The fourth-order valence-corrected chi connectivity index (χ4v) is 4.85. The van der Waals surface area contributed by atoms with E-state index in [1.54, 1.807) is 0 Å². The summed E-state index contributed by atoms with van der Waals surface area (Å²) < 4.78 is 44.1. The molecule has 2 aromatic carbocycles. The first-order chi connectivity index (χ1) is 15.2. The first-order valence-electron chi connectivity index (χ1n) is 11.0. The van der Waals surface area contributed by atoms with Crippen LogP contribution in [0, 0.1) is 11.8 Å². The molecule has 1 amide bonds. The Kier molecular flexibility index (Phi) is 6.44. The molecule has 2 aliphatic rings. The number of ether oxygens (including phenoxy) is 1. The highest BCUT2D eigenvalue weighted by molar-refractivity contribution is 6.30. The standard InChI is InChI=1S/C25H27ClF3NO2/c1-17-11-14-30(23(31)24(12-2-13-24)19-3-7-21(26)8-4-19)15-18(17)16-32-22-9-5-20(6-10-22)25(27,28)29/h3-10,17-18H,2,11-16H2,1H3/t17-,18+/m0/s1. The van der Waals surface area contributed by atoms with Crippen molar-refractivity contribution in [2.45, 2.75) is 44.2 Å². The summed E-state index contributed by atoms with van der Waals surface area (Å²) in [4.78, 5) is 15.5. The highest BCUT2D eigenvalue weighted by atomic mass is 35.5. The Labute approximate surface area is 191 Å². The minimum Gasteiger partial charge on any atom is -0.493 e. The monoisotopic (exact) mass is 465 g/mol. The summed E-state index contributed by atoms with van der Waals surface area (Å²) in [5, 5.41) is 0.656. The number of hydrogen-bond donors (Lipinski definition) is 0. The second kappa shape index (κ2) is 8.97. The van der Waals surface area contributed by atoms with Gasteiger partial charge in [-0.2, -0.15) is 13.2 Å². The lowest BCUT2D eigenvalue weighted by molar-refractivity contribution is -0.144. The molecular formula is C25H27ClF3NO2.